The van der Waals surface area contributed by atoms with E-state index in [1.54, 1.807) is 19.1 Å². The van der Waals surface area contributed by atoms with Gasteiger partial charge < -0.3 is 19.5 Å². The van der Waals surface area contributed by atoms with Crippen molar-refractivity contribution in [2.24, 2.45) is 0 Å². The summed E-state index contributed by atoms with van der Waals surface area (Å²) >= 11 is 1.13. The number of hydrogen-bond acceptors (Lipinski definition) is 7. The van der Waals surface area contributed by atoms with Crippen LogP contribution in [-0.4, -0.2) is 58.8 Å². The fourth-order valence-electron chi connectivity index (χ4n) is 3.34. The summed E-state index contributed by atoms with van der Waals surface area (Å²) in [5.41, 5.74) is 2.36. The zero-order chi connectivity index (χ0) is 22.5. The molecule has 10 heteroatoms. The fraction of sp³-hybridized carbons (Fsp3) is 0.273. The molecule has 0 atom stereocenters. The van der Waals surface area contributed by atoms with E-state index in [1.165, 1.54) is 12.1 Å². The number of carbonyl (C=O) groups excluding carboxylic acids is 2. The molecule has 1 aromatic heterocycles. The predicted molar refractivity (Wildman–Crippen MR) is 120 cm³/mol. The normalized spacial score (nSPS) is 13.8. The van der Waals surface area contributed by atoms with Crippen molar-refractivity contribution in [2.45, 2.75) is 12.1 Å². The Morgan fingerprint density at radius 1 is 1.03 bits per heavy atom. The standard InChI is InChI=1S/C22H22FN5O3S/c1-15(29)27-10-12-28(13-11-27)19-8-6-18(7-9-19)24-20(30)14-32-22-26-25-21(31-22)16-2-4-17(23)5-3-16/h2-9H,10-14H2,1H3,(H,24,30). The Hall–Kier alpha value is -3.40. The van der Waals surface area contributed by atoms with Crippen LogP contribution in [0.15, 0.2) is 58.2 Å². The van der Waals surface area contributed by atoms with Crippen molar-refractivity contribution in [3.63, 3.8) is 0 Å². The van der Waals surface area contributed by atoms with E-state index in [2.05, 4.69) is 20.4 Å². The predicted octanol–water partition coefficient (Wildman–Crippen LogP) is 3.28. The molecule has 0 aliphatic carbocycles. The van der Waals surface area contributed by atoms with Crippen molar-refractivity contribution in [1.82, 2.24) is 15.1 Å². The summed E-state index contributed by atoms with van der Waals surface area (Å²) in [4.78, 5) is 27.8. The van der Waals surface area contributed by atoms with E-state index in [4.69, 9.17) is 4.42 Å². The van der Waals surface area contributed by atoms with Crippen LogP contribution < -0.4 is 10.2 Å². The van der Waals surface area contributed by atoms with E-state index in [0.717, 1.165) is 30.5 Å². The lowest BCUT2D eigenvalue weighted by Gasteiger charge is -2.35. The van der Waals surface area contributed by atoms with E-state index in [-0.39, 0.29) is 34.5 Å². The van der Waals surface area contributed by atoms with Gasteiger partial charge in [-0.15, -0.1) is 10.2 Å². The van der Waals surface area contributed by atoms with E-state index in [1.807, 2.05) is 29.2 Å². The van der Waals surface area contributed by atoms with Crippen molar-refractivity contribution < 1.29 is 18.4 Å². The molecular formula is C22H22FN5O3S. The van der Waals surface area contributed by atoms with Crippen LogP contribution in [0.25, 0.3) is 11.5 Å². The van der Waals surface area contributed by atoms with Gasteiger partial charge in [-0.1, -0.05) is 11.8 Å². The quantitative estimate of drug-likeness (QED) is 0.571. The molecule has 1 saturated heterocycles. The van der Waals surface area contributed by atoms with Crippen molar-refractivity contribution >= 4 is 35.0 Å². The Kier molecular flexibility index (Phi) is 6.69. The van der Waals surface area contributed by atoms with Crippen molar-refractivity contribution in [2.75, 3.05) is 42.1 Å². The first-order valence-electron chi connectivity index (χ1n) is 10.1. The molecular weight excluding hydrogens is 433 g/mol. The molecule has 0 spiro atoms. The Labute approximate surface area is 188 Å². The molecule has 3 aromatic rings. The van der Waals surface area contributed by atoms with Crippen molar-refractivity contribution in [1.29, 1.82) is 0 Å². The molecule has 32 heavy (non-hydrogen) atoms. The zero-order valence-corrected chi connectivity index (χ0v) is 18.3. The van der Waals surface area contributed by atoms with Gasteiger partial charge in [0.2, 0.25) is 17.7 Å². The minimum absolute atomic E-state index is 0.104. The molecule has 2 aromatic carbocycles. The van der Waals surface area contributed by atoms with Crippen LogP contribution in [0.2, 0.25) is 0 Å². The third-order valence-electron chi connectivity index (χ3n) is 5.07. The van der Waals surface area contributed by atoms with Gasteiger partial charge >= 0.3 is 0 Å². The Balaban J connectivity index is 1.26. The average molecular weight is 456 g/mol. The first kappa shape index (κ1) is 21.8. The van der Waals surface area contributed by atoms with Gasteiger partial charge in [0.05, 0.1) is 5.75 Å². The SMILES string of the molecule is CC(=O)N1CCN(c2ccc(NC(=O)CSc3nnc(-c4ccc(F)cc4)o3)cc2)CC1. The monoisotopic (exact) mass is 455 g/mol. The fourth-order valence-corrected chi connectivity index (χ4v) is 3.90. The smallest absolute Gasteiger partial charge is 0.277 e. The summed E-state index contributed by atoms with van der Waals surface area (Å²) < 4.78 is 18.5. The van der Waals surface area contributed by atoms with Gasteiger partial charge in [0.25, 0.3) is 5.22 Å². The summed E-state index contributed by atoms with van der Waals surface area (Å²) in [5, 5.41) is 11.0. The van der Waals surface area contributed by atoms with Crippen LogP contribution >= 0.6 is 11.8 Å². The van der Waals surface area contributed by atoms with Crippen LogP contribution in [-0.2, 0) is 9.59 Å². The second-order valence-electron chi connectivity index (χ2n) is 7.26. The Morgan fingerprint density at radius 3 is 2.38 bits per heavy atom. The topological polar surface area (TPSA) is 91.6 Å². The minimum atomic E-state index is -0.344. The summed E-state index contributed by atoms with van der Waals surface area (Å²) in [5.74, 6) is -0.0531. The molecule has 0 saturated carbocycles. The number of benzene rings is 2. The highest BCUT2D eigenvalue weighted by molar-refractivity contribution is 7.99. The average Bonchev–Trinajstić information content (AvgIpc) is 3.28. The largest absolute Gasteiger partial charge is 0.411 e. The van der Waals surface area contributed by atoms with Gasteiger partial charge in [0, 0.05) is 50.0 Å². The number of halogens is 1. The van der Waals surface area contributed by atoms with Crippen LogP contribution in [0.1, 0.15) is 6.92 Å². The first-order valence-corrected chi connectivity index (χ1v) is 11.1. The molecule has 166 valence electrons. The third kappa shape index (κ3) is 5.44. The maximum Gasteiger partial charge on any atom is 0.277 e. The molecule has 1 aliphatic heterocycles. The van der Waals surface area contributed by atoms with Gasteiger partial charge in [-0.3, -0.25) is 9.59 Å². The number of nitrogens with zero attached hydrogens (tertiary/aromatic N) is 4. The van der Waals surface area contributed by atoms with Gasteiger partial charge in [-0.2, -0.15) is 0 Å². The van der Waals surface area contributed by atoms with Crippen molar-refractivity contribution in [3.8, 4) is 11.5 Å². The highest BCUT2D eigenvalue weighted by Gasteiger charge is 2.19. The number of nitrogens with one attached hydrogen (secondary N) is 1. The molecule has 0 bridgehead atoms. The van der Waals surface area contributed by atoms with Crippen LogP contribution in [0.3, 0.4) is 0 Å². The zero-order valence-electron chi connectivity index (χ0n) is 17.5. The first-order chi connectivity index (χ1) is 15.5. The molecule has 2 heterocycles. The Bertz CT molecular complexity index is 1080. The number of amides is 2. The number of hydrogen-bond donors (Lipinski definition) is 1. The van der Waals surface area contributed by atoms with Gasteiger partial charge in [-0.05, 0) is 48.5 Å². The van der Waals surface area contributed by atoms with E-state index in [0.29, 0.717) is 24.3 Å². The summed E-state index contributed by atoms with van der Waals surface area (Å²) in [6.45, 7) is 4.58. The van der Waals surface area contributed by atoms with Gasteiger partial charge in [-0.25, -0.2) is 4.39 Å². The summed E-state index contributed by atoms with van der Waals surface area (Å²) in [7, 11) is 0. The van der Waals surface area contributed by atoms with Gasteiger partial charge in [0.1, 0.15) is 5.82 Å². The second-order valence-corrected chi connectivity index (χ2v) is 8.18. The highest BCUT2D eigenvalue weighted by Crippen LogP contribution is 2.24. The van der Waals surface area contributed by atoms with Crippen LogP contribution in [0.5, 0.6) is 0 Å². The summed E-state index contributed by atoms with van der Waals surface area (Å²) in [6, 6.07) is 13.4. The number of aromatic nitrogens is 2. The molecule has 1 fully saturated rings. The molecule has 0 radical (unpaired) electrons. The second kappa shape index (κ2) is 9.82. The molecule has 0 unspecified atom stereocenters. The molecule has 2 amide bonds. The number of rotatable bonds is 6. The lowest BCUT2D eigenvalue weighted by molar-refractivity contribution is -0.129. The highest BCUT2D eigenvalue weighted by atomic mass is 32.2. The lowest BCUT2D eigenvalue weighted by atomic mass is 10.2. The summed E-state index contributed by atoms with van der Waals surface area (Å²) in [6.07, 6.45) is 0. The minimum Gasteiger partial charge on any atom is -0.411 e. The maximum atomic E-state index is 13.0. The van der Waals surface area contributed by atoms with E-state index >= 15 is 0 Å². The Morgan fingerprint density at radius 2 is 1.72 bits per heavy atom. The molecule has 1 aliphatic rings. The van der Waals surface area contributed by atoms with Crippen LogP contribution in [0.4, 0.5) is 15.8 Å². The van der Waals surface area contributed by atoms with Crippen molar-refractivity contribution in [3.05, 3.63) is 54.3 Å². The number of carbonyl (C=O) groups is 2. The number of thioether (sulfide) groups is 1. The number of anilines is 2. The maximum absolute atomic E-state index is 13.0. The molecule has 1 N–H and O–H groups in total. The van der Waals surface area contributed by atoms with E-state index in [9.17, 15) is 14.0 Å². The molecule has 8 nitrogen and oxygen atoms in total. The van der Waals surface area contributed by atoms with Gasteiger partial charge in [0.15, 0.2) is 0 Å². The molecule has 4 rings (SSSR count). The van der Waals surface area contributed by atoms with Crippen LogP contribution in [0, 0.1) is 5.82 Å². The third-order valence-corrected chi connectivity index (χ3v) is 5.88. The van der Waals surface area contributed by atoms with E-state index < -0.39 is 0 Å². The lowest BCUT2D eigenvalue weighted by Crippen LogP contribution is -2.48. The number of piperazine rings is 1.